The molecule has 7 heteroatoms. The average Bonchev–Trinajstić information content (AvgIpc) is 3.26. The summed E-state index contributed by atoms with van der Waals surface area (Å²) >= 11 is 0. The fourth-order valence-corrected chi connectivity index (χ4v) is 3.36. The second kappa shape index (κ2) is 6.74. The van der Waals surface area contributed by atoms with E-state index in [9.17, 15) is 4.79 Å². The summed E-state index contributed by atoms with van der Waals surface area (Å²) in [6.07, 6.45) is 4.28. The molecule has 1 aliphatic carbocycles. The molecular weight excluding hydrogens is 320 g/mol. The predicted octanol–water partition coefficient (Wildman–Crippen LogP) is 1.92. The van der Waals surface area contributed by atoms with E-state index in [-0.39, 0.29) is 17.7 Å². The Labute approximate surface area is 146 Å². The van der Waals surface area contributed by atoms with Crippen molar-refractivity contribution in [2.24, 2.45) is 5.92 Å². The first kappa shape index (κ1) is 15.9. The molecule has 0 N–H and O–H groups in total. The summed E-state index contributed by atoms with van der Waals surface area (Å²) in [6, 6.07) is 5.59. The Morgan fingerprint density at radius 1 is 1.32 bits per heavy atom. The summed E-state index contributed by atoms with van der Waals surface area (Å²) in [7, 11) is 0. The SMILES string of the molecule is CCOc1ccnc(N2CCN(C(=O)[C@H]3C[C@H]3c3ccco3)CC2)n1. The van der Waals surface area contributed by atoms with Gasteiger partial charge >= 0.3 is 0 Å². The number of anilines is 1. The molecule has 2 aliphatic rings. The Balaban J connectivity index is 1.33. The van der Waals surface area contributed by atoms with Crippen LogP contribution in [0, 0.1) is 5.92 Å². The summed E-state index contributed by atoms with van der Waals surface area (Å²) in [5, 5.41) is 0. The van der Waals surface area contributed by atoms with Crippen molar-refractivity contribution in [1.82, 2.24) is 14.9 Å². The molecular formula is C18H22N4O3. The van der Waals surface area contributed by atoms with E-state index < -0.39 is 0 Å². The first-order chi connectivity index (χ1) is 12.3. The number of ether oxygens (including phenoxy) is 1. The maximum absolute atomic E-state index is 12.7. The van der Waals surface area contributed by atoms with E-state index >= 15 is 0 Å². The van der Waals surface area contributed by atoms with Crippen LogP contribution in [0.15, 0.2) is 35.1 Å². The molecule has 0 bridgehead atoms. The molecule has 0 aromatic carbocycles. The van der Waals surface area contributed by atoms with Gasteiger partial charge in [-0.1, -0.05) is 0 Å². The number of hydrogen-bond acceptors (Lipinski definition) is 6. The highest BCUT2D eigenvalue weighted by Crippen LogP contribution is 2.48. The van der Waals surface area contributed by atoms with Crippen molar-refractivity contribution in [3.8, 4) is 5.88 Å². The molecule has 132 valence electrons. The van der Waals surface area contributed by atoms with E-state index in [2.05, 4.69) is 14.9 Å². The number of aromatic nitrogens is 2. The van der Waals surface area contributed by atoms with Crippen molar-refractivity contribution in [3.05, 3.63) is 36.4 Å². The lowest BCUT2D eigenvalue weighted by Crippen LogP contribution is -2.49. The Kier molecular flexibility index (Phi) is 4.29. The molecule has 3 heterocycles. The predicted molar refractivity (Wildman–Crippen MR) is 91.6 cm³/mol. The number of carbonyl (C=O) groups is 1. The number of piperazine rings is 1. The molecule has 2 atom stereocenters. The third kappa shape index (κ3) is 3.31. The average molecular weight is 342 g/mol. The molecule has 1 saturated heterocycles. The van der Waals surface area contributed by atoms with Gasteiger partial charge in [0.25, 0.3) is 0 Å². The molecule has 4 rings (SSSR count). The van der Waals surface area contributed by atoms with Crippen LogP contribution in [0.2, 0.25) is 0 Å². The van der Waals surface area contributed by atoms with Crippen molar-refractivity contribution in [1.29, 1.82) is 0 Å². The zero-order valence-electron chi connectivity index (χ0n) is 14.3. The smallest absolute Gasteiger partial charge is 0.228 e. The minimum Gasteiger partial charge on any atom is -0.478 e. The number of furan rings is 1. The largest absolute Gasteiger partial charge is 0.478 e. The topological polar surface area (TPSA) is 71.7 Å². The van der Waals surface area contributed by atoms with Gasteiger partial charge in [0.1, 0.15) is 5.76 Å². The fourth-order valence-electron chi connectivity index (χ4n) is 3.36. The van der Waals surface area contributed by atoms with Crippen LogP contribution in [0.3, 0.4) is 0 Å². The van der Waals surface area contributed by atoms with Crippen LogP contribution in [-0.4, -0.2) is 53.6 Å². The molecule has 1 aliphatic heterocycles. The minimum atomic E-state index is 0.0789. The highest BCUT2D eigenvalue weighted by atomic mass is 16.5. The van der Waals surface area contributed by atoms with Gasteiger partial charge in [0.15, 0.2) is 0 Å². The van der Waals surface area contributed by atoms with Crippen molar-refractivity contribution in [2.75, 3.05) is 37.7 Å². The van der Waals surface area contributed by atoms with Gasteiger partial charge in [0.2, 0.25) is 17.7 Å². The summed E-state index contributed by atoms with van der Waals surface area (Å²) in [5.74, 6) is 2.76. The van der Waals surface area contributed by atoms with Crippen LogP contribution in [-0.2, 0) is 4.79 Å². The normalized spacial score (nSPS) is 22.8. The molecule has 1 saturated carbocycles. The number of carbonyl (C=O) groups excluding carboxylic acids is 1. The molecule has 7 nitrogen and oxygen atoms in total. The van der Waals surface area contributed by atoms with Crippen LogP contribution in [0.5, 0.6) is 5.88 Å². The van der Waals surface area contributed by atoms with Gasteiger partial charge in [-0.3, -0.25) is 4.79 Å². The monoisotopic (exact) mass is 342 g/mol. The summed E-state index contributed by atoms with van der Waals surface area (Å²) in [4.78, 5) is 25.5. The third-order valence-corrected chi connectivity index (χ3v) is 4.80. The van der Waals surface area contributed by atoms with Crippen LogP contribution in [0.1, 0.15) is 25.0 Å². The Morgan fingerprint density at radius 3 is 2.88 bits per heavy atom. The standard InChI is InChI=1S/C18H22N4O3/c1-2-24-16-5-6-19-18(20-16)22-9-7-21(8-10-22)17(23)14-12-13(14)15-4-3-11-25-15/h3-6,11,13-14H,2,7-10,12H2,1H3/t13-,14+/m1/s1. The first-order valence-corrected chi connectivity index (χ1v) is 8.79. The van der Waals surface area contributed by atoms with E-state index in [1.807, 2.05) is 24.0 Å². The summed E-state index contributed by atoms with van der Waals surface area (Å²) in [5.41, 5.74) is 0. The molecule has 1 amide bonds. The van der Waals surface area contributed by atoms with E-state index in [1.54, 1.807) is 18.5 Å². The number of hydrogen-bond donors (Lipinski definition) is 0. The van der Waals surface area contributed by atoms with Crippen LogP contribution < -0.4 is 9.64 Å². The molecule has 2 fully saturated rings. The van der Waals surface area contributed by atoms with Crippen molar-refractivity contribution in [2.45, 2.75) is 19.3 Å². The maximum atomic E-state index is 12.7. The van der Waals surface area contributed by atoms with Gasteiger partial charge in [0, 0.05) is 50.3 Å². The van der Waals surface area contributed by atoms with Crippen LogP contribution >= 0.6 is 0 Å². The van der Waals surface area contributed by atoms with Gasteiger partial charge < -0.3 is 19.0 Å². The molecule has 0 unspecified atom stereocenters. The Bertz CT molecular complexity index is 726. The Morgan fingerprint density at radius 2 is 2.16 bits per heavy atom. The van der Waals surface area contributed by atoms with Crippen molar-refractivity contribution >= 4 is 11.9 Å². The quantitative estimate of drug-likeness (QED) is 0.827. The van der Waals surface area contributed by atoms with Gasteiger partial charge in [-0.15, -0.1) is 0 Å². The van der Waals surface area contributed by atoms with E-state index in [0.29, 0.717) is 31.5 Å². The zero-order valence-corrected chi connectivity index (χ0v) is 14.3. The van der Waals surface area contributed by atoms with Gasteiger partial charge in [-0.25, -0.2) is 4.98 Å². The highest BCUT2D eigenvalue weighted by molar-refractivity contribution is 5.83. The lowest BCUT2D eigenvalue weighted by atomic mass is 10.2. The highest BCUT2D eigenvalue weighted by Gasteiger charge is 2.47. The molecule has 2 aromatic rings. The van der Waals surface area contributed by atoms with Gasteiger partial charge in [-0.05, 0) is 25.5 Å². The molecule has 0 radical (unpaired) electrons. The molecule has 2 aromatic heterocycles. The van der Waals surface area contributed by atoms with Crippen LogP contribution in [0.25, 0.3) is 0 Å². The number of amides is 1. The van der Waals surface area contributed by atoms with E-state index in [0.717, 1.165) is 25.3 Å². The summed E-state index contributed by atoms with van der Waals surface area (Å²) in [6.45, 7) is 5.38. The van der Waals surface area contributed by atoms with Crippen molar-refractivity contribution in [3.63, 3.8) is 0 Å². The van der Waals surface area contributed by atoms with Crippen LogP contribution in [0.4, 0.5) is 5.95 Å². The fraction of sp³-hybridized carbons (Fsp3) is 0.500. The Hall–Kier alpha value is -2.57. The second-order valence-corrected chi connectivity index (χ2v) is 6.40. The number of nitrogens with zero attached hydrogens (tertiary/aromatic N) is 4. The molecule has 0 spiro atoms. The van der Waals surface area contributed by atoms with Gasteiger partial charge in [0.05, 0.1) is 12.9 Å². The van der Waals surface area contributed by atoms with Gasteiger partial charge in [-0.2, -0.15) is 4.98 Å². The third-order valence-electron chi connectivity index (χ3n) is 4.80. The molecule has 25 heavy (non-hydrogen) atoms. The number of rotatable bonds is 5. The van der Waals surface area contributed by atoms with E-state index in [1.165, 1.54) is 0 Å². The second-order valence-electron chi connectivity index (χ2n) is 6.40. The van der Waals surface area contributed by atoms with Crippen molar-refractivity contribution < 1.29 is 13.9 Å². The minimum absolute atomic E-state index is 0.0789. The maximum Gasteiger partial charge on any atom is 0.228 e. The lowest BCUT2D eigenvalue weighted by Gasteiger charge is -2.35. The van der Waals surface area contributed by atoms with E-state index in [4.69, 9.17) is 9.15 Å². The first-order valence-electron chi connectivity index (χ1n) is 8.79. The lowest BCUT2D eigenvalue weighted by molar-refractivity contribution is -0.133. The summed E-state index contributed by atoms with van der Waals surface area (Å²) < 4.78 is 10.9. The zero-order chi connectivity index (χ0) is 17.2.